The van der Waals surface area contributed by atoms with Crippen LogP contribution in [0.15, 0.2) is 376 Å². The lowest BCUT2D eigenvalue weighted by Crippen LogP contribution is -1.96. The van der Waals surface area contributed by atoms with Crippen LogP contribution < -0.4 is 0 Å². The third-order valence-electron chi connectivity index (χ3n) is 21.8. The van der Waals surface area contributed by atoms with Crippen molar-refractivity contribution in [2.24, 2.45) is 0 Å². The van der Waals surface area contributed by atoms with Gasteiger partial charge < -0.3 is 9.13 Å². The Kier molecular flexibility index (Phi) is 14.4. The summed E-state index contributed by atoms with van der Waals surface area (Å²) in [5.74, 6) is 0. The minimum absolute atomic E-state index is 1.15. The van der Waals surface area contributed by atoms with Crippen molar-refractivity contribution in [3.63, 3.8) is 0 Å². The molecule has 0 amide bonds. The van der Waals surface area contributed by atoms with Gasteiger partial charge in [0.1, 0.15) is 0 Å². The van der Waals surface area contributed by atoms with Crippen LogP contribution in [0, 0.1) is 13.8 Å². The minimum atomic E-state index is 1.15. The van der Waals surface area contributed by atoms with E-state index in [0.29, 0.717) is 0 Å². The summed E-state index contributed by atoms with van der Waals surface area (Å²) in [5.41, 5.74) is 24.9. The van der Waals surface area contributed by atoms with Gasteiger partial charge in [0.05, 0.1) is 22.1 Å². The molecule has 0 bridgehead atoms. The maximum Gasteiger partial charge on any atom is 0.0619 e. The van der Waals surface area contributed by atoms with Crippen LogP contribution in [0.1, 0.15) is 11.1 Å². The van der Waals surface area contributed by atoms with Crippen LogP contribution in [0.3, 0.4) is 0 Å². The Morgan fingerprint density at radius 1 is 0.173 bits per heavy atom. The Balaban J connectivity index is 0.000000139. The first-order valence-corrected chi connectivity index (χ1v) is 36.1. The lowest BCUT2D eigenvalue weighted by atomic mass is 9.85. The predicted molar refractivity (Wildman–Crippen MR) is 446 cm³/mol. The molecular formula is C102H68N2. The fourth-order valence-corrected chi connectivity index (χ4v) is 17.4. The van der Waals surface area contributed by atoms with Gasteiger partial charge >= 0.3 is 0 Å². The molecule has 0 radical (unpaired) electrons. The molecule has 0 saturated heterocycles. The summed E-state index contributed by atoms with van der Waals surface area (Å²) in [4.78, 5) is 0. The number of rotatable bonds is 8. The third kappa shape index (κ3) is 9.86. The van der Waals surface area contributed by atoms with E-state index < -0.39 is 0 Å². The van der Waals surface area contributed by atoms with E-state index in [0.717, 1.165) is 11.4 Å². The smallest absolute Gasteiger partial charge is 0.0619 e. The van der Waals surface area contributed by atoms with Gasteiger partial charge in [-0.25, -0.2) is 0 Å². The summed E-state index contributed by atoms with van der Waals surface area (Å²) in [7, 11) is 0. The van der Waals surface area contributed by atoms with Gasteiger partial charge in [-0.15, -0.1) is 0 Å². The van der Waals surface area contributed by atoms with Crippen molar-refractivity contribution >= 4 is 119 Å². The van der Waals surface area contributed by atoms with Crippen molar-refractivity contribution in [1.82, 2.24) is 9.13 Å². The van der Waals surface area contributed by atoms with E-state index in [2.05, 4.69) is 399 Å². The van der Waals surface area contributed by atoms with Crippen LogP contribution in [0.25, 0.3) is 197 Å². The molecule has 19 aromatic carbocycles. The Hall–Kier alpha value is -13.4. The van der Waals surface area contributed by atoms with Crippen LogP contribution in [0.5, 0.6) is 0 Å². The number of nitrogens with zero attached hydrogens (tertiary/aromatic N) is 2. The first kappa shape index (κ1) is 60.6. The first-order valence-electron chi connectivity index (χ1n) is 36.1. The standard InChI is InChI=1S/C52H33N.C50H35N/c1-2-15-35(16-3-1)47-33-48-41-19-12-13-25-49(41)53(52(48)46-24-11-6-18-40(46)47)39-30-28-36(29-31-39)50-42-20-7-9-22-44(42)51(45-23-10-8-21-43(45)50)38-27-26-34-14-4-5-17-37(34)32-38;1-32-28-33(2)30-36(29-32)49-42-20-9-7-18-40(42)48(41-19-8-10-21-43(41)49)35-24-26-37(27-25-35)51-47-23-13-12-17-39(47)46-31-45(34-14-4-3-5-15-34)38-16-6-11-22-44(38)50(46)51/h1-33H;3-31H,1-2H3. The maximum atomic E-state index is 2.46. The quantitative estimate of drug-likeness (QED) is 0.134. The van der Waals surface area contributed by atoms with Gasteiger partial charge in [0.2, 0.25) is 0 Å². The average molecular weight is 1320 g/mol. The van der Waals surface area contributed by atoms with Gasteiger partial charge in [0.25, 0.3) is 0 Å². The van der Waals surface area contributed by atoms with E-state index in [1.807, 2.05) is 0 Å². The number of aromatic nitrogens is 2. The van der Waals surface area contributed by atoms with E-state index in [-0.39, 0.29) is 0 Å². The van der Waals surface area contributed by atoms with Crippen LogP contribution >= 0.6 is 0 Å². The largest absolute Gasteiger partial charge is 0.309 e. The Bertz CT molecular complexity index is 6880. The number of benzene rings is 19. The van der Waals surface area contributed by atoms with Crippen LogP contribution in [-0.2, 0) is 0 Å². The second kappa shape index (κ2) is 24.7. The van der Waals surface area contributed by atoms with Crippen molar-refractivity contribution in [1.29, 1.82) is 0 Å². The Labute approximate surface area is 603 Å². The molecule has 21 aromatic rings. The van der Waals surface area contributed by atoms with Crippen molar-refractivity contribution < 1.29 is 0 Å². The van der Waals surface area contributed by atoms with Crippen molar-refractivity contribution in [3.8, 4) is 78.1 Å². The van der Waals surface area contributed by atoms with E-state index in [1.54, 1.807) is 0 Å². The molecule has 0 aliphatic carbocycles. The molecule has 0 spiro atoms. The first-order chi connectivity index (χ1) is 51.5. The Morgan fingerprint density at radius 2 is 0.471 bits per heavy atom. The van der Waals surface area contributed by atoms with Crippen molar-refractivity contribution in [3.05, 3.63) is 387 Å². The molecule has 0 unspecified atom stereocenters. The van der Waals surface area contributed by atoms with Crippen LogP contribution in [0.2, 0.25) is 0 Å². The van der Waals surface area contributed by atoms with Gasteiger partial charge in [-0.05, 0) is 200 Å². The van der Waals surface area contributed by atoms with Gasteiger partial charge in [-0.1, -0.05) is 333 Å². The molecule has 0 N–H and O–H groups in total. The number of fused-ring (bicyclic) bond motifs is 15. The summed E-state index contributed by atoms with van der Waals surface area (Å²) >= 11 is 0. The van der Waals surface area contributed by atoms with Gasteiger partial charge in [-0.2, -0.15) is 0 Å². The molecule has 104 heavy (non-hydrogen) atoms. The monoisotopic (exact) mass is 1320 g/mol. The second-order valence-corrected chi connectivity index (χ2v) is 27.9. The lowest BCUT2D eigenvalue weighted by Gasteiger charge is -2.19. The zero-order chi connectivity index (χ0) is 68.9. The second-order valence-electron chi connectivity index (χ2n) is 27.9. The number of para-hydroxylation sites is 2. The average Bonchev–Trinajstić information content (AvgIpc) is 1.52. The molecule has 0 atom stereocenters. The maximum absolute atomic E-state index is 2.46. The molecule has 2 heteroatoms. The normalized spacial score (nSPS) is 11.8. The summed E-state index contributed by atoms with van der Waals surface area (Å²) in [6, 6.07) is 138. The lowest BCUT2D eigenvalue weighted by molar-refractivity contribution is 1.19. The molecule has 0 saturated carbocycles. The highest BCUT2D eigenvalue weighted by Crippen LogP contribution is 2.49. The number of hydrogen-bond donors (Lipinski definition) is 0. The SMILES string of the molecule is Cc1cc(C)cc(-c2c3ccccc3c(-c3ccc(-n4c5ccccc5c5cc(-c6ccccc6)c6ccccc6c54)cc3)c3ccccc23)c1.c1ccc(-c2cc3c4ccccc4n(-c4ccc(-c5c6ccccc6c(-c6ccc7ccccc7c6)c6ccccc56)cc4)c3c3ccccc23)cc1. The summed E-state index contributed by atoms with van der Waals surface area (Å²) in [5, 5.41) is 22.8. The summed E-state index contributed by atoms with van der Waals surface area (Å²) < 4.78 is 4.93. The van der Waals surface area contributed by atoms with E-state index in [1.165, 1.54) is 197 Å². The zero-order valence-corrected chi connectivity index (χ0v) is 57.7. The van der Waals surface area contributed by atoms with E-state index in [9.17, 15) is 0 Å². The van der Waals surface area contributed by atoms with Gasteiger partial charge in [-0.3, -0.25) is 0 Å². The van der Waals surface area contributed by atoms with Crippen molar-refractivity contribution in [2.75, 3.05) is 0 Å². The topological polar surface area (TPSA) is 9.86 Å². The highest BCUT2D eigenvalue weighted by atomic mass is 15.0. The molecule has 2 nitrogen and oxygen atoms in total. The van der Waals surface area contributed by atoms with Gasteiger partial charge in [0, 0.05) is 43.7 Å². The Morgan fingerprint density at radius 3 is 0.865 bits per heavy atom. The van der Waals surface area contributed by atoms with E-state index in [4.69, 9.17) is 0 Å². The highest BCUT2D eigenvalue weighted by Gasteiger charge is 2.24. The molecule has 0 fully saturated rings. The van der Waals surface area contributed by atoms with Crippen LogP contribution in [-0.4, -0.2) is 9.13 Å². The van der Waals surface area contributed by atoms with E-state index >= 15 is 0 Å². The van der Waals surface area contributed by atoms with Gasteiger partial charge in [0.15, 0.2) is 0 Å². The number of hydrogen-bond acceptors (Lipinski definition) is 0. The molecule has 21 rings (SSSR count). The highest BCUT2D eigenvalue weighted by molar-refractivity contribution is 6.26. The molecular weight excluding hydrogens is 1250 g/mol. The fraction of sp³-hybridized carbons (Fsp3) is 0.0196. The molecule has 0 aliphatic rings. The predicted octanol–water partition coefficient (Wildman–Crippen LogP) is 28.3. The number of aryl methyl sites for hydroxylation is 2. The zero-order valence-electron chi connectivity index (χ0n) is 57.7. The molecule has 2 aromatic heterocycles. The van der Waals surface area contributed by atoms with Crippen LogP contribution in [0.4, 0.5) is 0 Å². The summed E-state index contributed by atoms with van der Waals surface area (Å²) in [6.45, 7) is 4.39. The molecule has 2 heterocycles. The molecule has 486 valence electrons. The fourth-order valence-electron chi connectivity index (χ4n) is 17.4. The summed E-state index contributed by atoms with van der Waals surface area (Å²) in [6.07, 6.45) is 0. The third-order valence-corrected chi connectivity index (χ3v) is 21.8. The molecule has 0 aliphatic heterocycles. The minimum Gasteiger partial charge on any atom is -0.309 e. The van der Waals surface area contributed by atoms with Crippen molar-refractivity contribution in [2.45, 2.75) is 13.8 Å².